The summed E-state index contributed by atoms with van der Waals surface area (Å²) in [6.07, 6.45) is 0.357. The fraction of sp³-hybridized carbons (Fsp3) is 0.154. The van der Waals surface area contributed by atoms with Crippen LogP contribution in [0.25, 0.3) is 10.4 Å². The lowest BCUT2D eigenvalue weighted by Gasteiger charge is -2.04. The first-order valence-electron chi connectivity index (χ1n) is 5.67. The van der Waals surface area contributed by atoms with Crippen LogP contribution < -0.4 is 0 Å². The van der Waals surface area contributed by atoms with Crippen molar-refractivity contribution >= 4 is 27.1 Å². The van der Waals surface area contributed by atoms with E-state index >= 15 is 0 Å². The standard InChI is InChI=1S/C13H10O4S2/c14-13(15)10-7-8-5-6-19(16,17)11-4-2-1-3-9(11)12(8)18-10/h1-4,7H,5-6H2,(H,14,15). The number of carboxylic acids is 1. The van der Waals surface area contributed by atoms with Gasteiger partial charge in [0, 0.05) is 10.4 Å². The summed E-state index contributed by atoms with van der Waals surface area (Å²) in [5.41, 5.74) is 1.42. The number of hydrogen-bond acceptors (Lipinski definition) is 4. The molecular formula is C13H10O4S2. The molecule has 0 amide bonds. The third kappa shape index (κ3) is 1.97. The average molecular weight is 294 g/mol. The molecule has 98 valence electrons. The van der Waals surface area contributed by atoms with Gasteiger partial charge in [0.25, 0.3) is 0 Å². The molecule has 6 heteroatoms. The van der Waals surface area contributed by atoms with E-state index in [0.29, 0.717) is 16.9 Å². The van der Waals surface area contributed by atoms with Crippen LogP contribution >= 0.6 is 11.3 Å². The Morgan fingerprint density at radius 1 is 1.26 bits per heavy atom. The average Bonchev–Trinajstić information content (AvgIpc) is 2.77. The summed E-state index contributed by atoms with van der Waals surface area (Å²) in [6.45, 7) is 0. The highest BCUT2D eigenvalue weighted by atomic mass is 32.2. The minimum atomic E-state index is -3.29. The molecule has 2 heterocycles. The molecule has 0 bridgehead atoms. The molecule has 3 rings (SSSR count). The quantitative estimate of drug-likeness (QED) is 0.877. The van der Waals surface area contributed by atoms with Crippen molar-refractivity contribution in [1.82, 2.24) is 0 Å². The lowest BCUT2D eigenvalue weighted by molar-refractivity contribution is 0.0702. The Kier molecular flexibility index (Phi) is 2.72. The largest absolute Gasteiger partial charge is 0.477 e. The van der Waals surface area contributed by atoms with Gasteiger partial charge in [0.2, 0.25) is 0 Å². The van der Waals surface area contributed by atoms with Crippen molar-refractivity contribution in [2.24, 2.45) is 0 Å². The Labute approximate surface area is 114 Å². The molecule has 0 aliphatic carbocycles. The SMILES string of the molecule is O=C(O)c1cc2c(s1)-c1ccccc1S(=O)(=O)CC2. The minimum Gasteiger partial charge on any atom is -0.477 e. The van der Waals surface area contributed by atoms with Crippen LogP contribution in [0.2, 0.25) is 0 Å². The maximum absolute atomic E-state index is 12.2. The van der Waals surface area contributed by atoms with Gasteiger partial charge in [-0.2, -0.15) is 0 Å². The Balaban J connectivity index is 2.31. The number of aryl methyl sites for hydroxylation is 1. The zero-order valence-corrected chi connectivity index (χ0v) is 11.4. The topological polar surface area (TPSA) is 71.4 Å². The van der Waals surface area contributed by atoms with Crippen molar-refractivity contribution in [1.29, 1.82) is 0 Å². The molecule has 1 aromatic heterocycles. The van der Waals surface area contributed by atoms with E-state index in [1.807, 2.05) is 0 Å². The number of sulfone groups is 1. The molecule has 0 fully saturated rings. The molecule has 4 nitrogen and oxygen atoms in total. The highest BCUT2D eigenvalue weighted by molar-refractivity contribution is 7.91. The fourth-order valence-electron chi connectivity index (χ4n) is 2.23. The summed E-state index contributed by atoms with van der Waals surface area (Å²) in [5.74, 6) is -0.953. The highest BCUT2D eigenvalue weighted by Gasteiger charge is 2.27. The molecule has 0 saturated heterocycles. The van der Waals surface area contributed by atoms with Crippen LogP contribution in [0.5, 0.6) is 0 Å². The predicted molar refractivity (Wildman–Crippen MR) is 72.5 cm³/mol. The van der Waals surface area contributed by atoms with Crippen molar-refractivity contribution in [3.8, 4) is 10.4 Å². The molecular weight excluding hydrogens is 284 g/mol. The van der Waals surface area contributed by atoms with Gasteiger partial charge in [0.15, 0.2) is 9.84 Å². The highest BCUT2D eigenvalue weighted by Crippen LogP contribution is 2.39. The smallest absolute Gasteiger partial charge is 0.345 e. The Morgan fingerprint density at radius 3 is 2.74 bits per heavy atom. The normalized spacial score (nSPS) is 16.2. The first-order valence-corrected chi connectivity index (χ1v) is 8.14. The molecule has 1 aliphatic heterocycles. The zero-order valence-electron chi connectivity index (χ0n) is 9.79. The Morgan fingerprint density at radius 2 is 2.00 bits per heavy atom. The molecule has 0 saturated carbocycles. The summed E-state index contributed by atoms with van der Waals surface area (Å²) < 4.78 is 24.3. The van der Waals surface area contributed by atoms with Gasteiger partial charge in [-0.25, -0.2) is 13.2 Å². The second kappa shape index (κ2) is 4.18. The van der Waals surface area contributed by atoms with E-state index in [2.05, 4.69) is 0 Å². The van der Waals surface area contributed by atoms with Gasteiger partial charge in [-0.3, -0.25) is 0 Å². The van der Waals surface area contributed by atoms with E-state index in [9.17, 15) is 13.2 Å². The van der Waals surface area contributed by atoms with E-state index in [4.69, 9.17) is 5.11 Å². The summed E-state index contributed by atoms with van der Waals surface area (Å²) in [7, 11) is -3.29. The van der Waals surface area contributed by atoms with Crippen molar-refractivity contribution in [2.75, 3.05) is 5.75 Å². The second-order valence-corrected chi connectivity index (χ2v) is 7.46. The lowest BCUT2D eigenvalue weighted by atomic mass is 10.1. The van der Waals surface area contributed by atoms with Gasteiger partial charge in [-0.1, -0.05) is 18.2 Å². The first-order chi connectivity index (χ1) is 8.99. The van der Waals surface area contributed by atoms with E-state index < -0.39 is 15.8 Å². The molecule has 19 heavy (non-hydrogen) atoms. The van der Waals surface area contributed by atoms with E-state index in [1.165, 1.54) is 0 Å². The predicted octanol–water partition coefficient (Wildman–Crippen LogP) is 2.44. The van der Waals surface area contributed by atoms with E-state index in [0.717, 1.165) is 21.8 Å². The number of benzene rings is 1. The minimum absolute atomic E-state index is 0.0206. The van der Waals surface area contributed by atoms with Crippen molar-refractivity contribution in [3.05, 3.63) is 40.8 Å². The Bertz CT molecular complexity index is 772. The molecule has 1 aliphatic rings. The van der Waals surface area contributed by atoms with Gasteiger partial charge in [0.1, 0.15) is 4.88 Å². The van der Waals surface area contributed by atoms with Gasteiger partial charge in [-0.05, 0) is 24.1 Å². The molecule has 0 unspecified atom stereocenters. The van der Waals surface area contributed by atoms with E-state index in [-0.39, 0.29) is 10.6 Å². The maximum atomic E-state index is 12.2. The molecule has 0 atom stereocenters. The van der Waals surface area contributed by atoms with Crippen molar-refractivity contribution < 1.29 is 18.3 Å². The Hall–Kier alpha value is -1.66. The third-order valence-corrected chi connectivity index (χ3v) is 6.09. The molecule has 2 aromatic rings. The van der Waals surface area contributed by atoms with Crippen LogP contribution in [-0.4, -0.2) is 25.2 Å². The van der Waals surface area contributed by atoms with Gasteiger partial charge in [0.05, 0.1) is 10.6 Å². The van der Waals surface area contributed by atoms with Crippen molar-refractivity contribution in [2.45, 2.75) is 11.3 Å². The third-order valence-electron chi connectivity index (χ3n) is 3.13. The molecule has 0 spiro atoms. The second-order valence-electron chi connectivity index (χ2n) is 4.34. The number of hydrogen-bond donors (Lipinski definition) is 1. The summed E-state index contributed by atoms with van der Waals surface area (Å²) in [5, 5.41) is 9.05. The van der Waals surface area contributed by atoms with Crippen LogP contribution in [0.3, 0.4) is 0 Å². The number of carbonyl (C=O) groups is 1. The van der Waals surface area contributed by atoms with Crippen LogP contribution in [0, 0.1) is 0 Å². The van der Waals surface area contributed by atoms with Gasteiger partial charge in [-0.15, -0.1) is 11.3 Å². The van der Waals surface area contributed by atoms with E-state index in [1.54, 1.807) is 30.3 Å². The zero-order chi connectivity index (χ0) is 13.6. The fourth-order valence-corrected chi connectivity index (χ4v) is 4.88. The number of carboxylic acid groups (broad SMARTS) is 1. The maximum Gasteiger partial charge on any atom is 0.345 e. The molecule has 1 N–H and O–H groups in total. The summed E-state index contributed by atoms with van der Waals surface area (Å²) in [4.78, 5) is 12.3. The first kappa shape index (κ1) is 12.4. The summed E-state index contributed by atoms with van der Waals surface area (Å²) in [6, 6.07) is 8.36. The number of rotatable bonds is 1. The van der Waals surface area contributed by atoms with Crippen LogP contribution in [0.1, 0.15) is 15.2 Å². The lowest BCUT2D eigenvalue weighted by Crippen LogP contribution is -2.07. The number of fused-ring (bicyclic) bond motifs is 3. The van der Waals surface area contributed by atoms with Gasteiger partial charge >= 0.3 is 5.97 Å². The van der Waals surface area contributed by atoms with Crippen molar-refractivity contribution in [3.63, 3.8) is 0 Å². The summed E-state index contributed by atoms with van der Waals surface area (Å²) >= 11 is 1.14. The van der Waals surface area contributed by atoms with Gasteiger partial charge < -0.3 is 5.11 Å². The molecule has 1 aromatic carbocycles. The van der Waals surface area contributed by atoms with Crippen LogP contribution in [0.15, 0.2) is 35.2 Å². The molecule has 0 radical (unpaired) electrons. The number of aromatic carboxylic acids is 1. The number of thiophene rings is 1. The van der Waals surface area contributed by atoms with Crippen LogP contribution in [0.4, 0.5) is 0 Å². The monoisotopic (exact) mass is 294 g/mol. The van der Waals surface area contributed by atoms with Crippen LogP contribution in [-0.2, 0) is 16.3 Å².